The van der Waals surface area contributed by atoms with Gasteiger partial charge in [0.25, 0.3) is 0 Å². The lowest BCUT2D eigenvalue weighted by Crippen LogP contribution is -2.43. The van der Waals surface area contributed by atoms with Crippen molar-refractivity contribution in [3.63, 3.8) is 0 Å². The van der Waals surface area contributed by atoms with Crippen LogP contribution in [0.1, 0.15) is 56.0 Å². The van der Waals surface area contributed by atoms with Crippen molar-refractivity contribution in [2.75, 3.05) is 33.7 Å². The minimum Gasteiger partial charge on any atom is -0.361 e. The summed E-state index contributed by atoms with van der Waals surface area (Å²) in [6.07, 6.45) is 5.97. The van der Waals surface area contributed by atoms with Gasteiger partial charge in [0.05, 0.1) is 17.7 Å². The molecule has 0 bridgehead atoms. The summed E-state index contributed by atoms with van der Waals surface area (Å²) < 4.78 is 5.22. The lowest BCUT2D eigenvalue weighted by atomic mass is 9.85. The zero-order valence-corrected chi connectivity index (χ0v) is 17.5. The van der Waals surface area contributed by atoms with E-state index in [0.717, 1.165) is 69.0 Å². The summed E-state index contributed by atoms with van der Waals surface area (Å²) in [6.45, 7) is 8.14. The molecule has 152 valence electrons. The van der Waals surface area contributed by atoms with Gasteiger partial charge in [0, 0.05) is 32.7 Å². The second-order valence-electron chi connectivity index (χ2n) is 7.72. The Morgan fingerprint density at radius 2 is 1.96 bits per heavy atom. The normalized spacial score (nSPS) is 16.4. The Balaban J connectivity index is 1.92. The zero-order valence-electron chi connectivity index (χ0n) is 17.5. The molecule has 0 saturated heterocycles. The second-order valence-corrected chi connectivity index (χ2v) is 7.72. The minimum atomic E-state index is -0.331. The van der Waals surface area contributed by atoms with Gasteiger partial charge in [-0.2, -0.15) is 0 Å². The van der Waals surface area contributed by atoms with E-state index in [-0.39, 0.29) is 11.3 Å². The Bertz CT molecular complexity index is 625. The third kappa shape index (κ3) is 5.47. The number of nitrogens with zero attached hydrogens (tertiary/aromatic N) is 3. The maximum atomic E-state index is 12.7. The molecule has 0 aromatic carbocycles. The number of guanidine groups is 1. The highest BCUT2D eigenvalue weighted by atomic mass is 16.5. The molecule has 0 unspecified atom stereocenters. The van der Waals surface area contributed by atoms with Gasteiger partial charge in [-0.1, -0.05) is 18.0 Å². The highest BCUT2D eigenvalue weighted by Crippen LogP contribution is 2.39. The van der Waals surface area contributed by atoms with Gasteiger partial charge in [-0.05, 0) is 46.5 Å². The molecule has 0 aliphatic heterocycles. The number of amides is 1. The molecule has 7 heteroatoms. The molecule has 27 heavy (non-hydrogen) atoms. The van der Waals surface area contributed by atoms with E-state index in [2.05, 4.69) is 22.7 Å². The molecule has 1 amide bonds. The van der Waals surface area contributed by atoms with Crippen LogP contribution in [-0.4, -0.2) is 55.7 Å². The van der Waals surface area contributed by atoms with E-state index in [9.17, 15) is 4.79 Å². The standard InChI is InChI=1S/C20H35N5O2/c1-6-21-19(22-13-9-10-17-15(2)24-27-16(17)3)23-14-20(11-7-8-12-20)18(26)25(4)5/h6-14H2,1-5H3,(H2,21,22,23). The van der Waals surface area contributed by atoms with Crippen molar-refractivity contribution >= 4 is 11.9 Å². The smallest absolute Gasteiger partial charge is 0.230 e. The third-order valence-corrected chi connectivity index (χ3v) is 5.38. The predicted molar refractivity (Wildman–Crippen MR) is 108 cm³/mol. The van der Waals surface area contributed by atoms with Crippen LogP contribution in [0.25, 0.3) is 0 Å². The molecule has 1 aromatic rings. The summed E-state index contributed by atoms with van der Waals surface area (Å²) in [5, 5.41) is 10.7. The number of hydrogen-bond acceptors (Lipinski definition) is 4. The summed E-state index contributed by atoms with van der Waals surface area (Å²) in [7, 11) is 3.68. The molecule has 1 fully saturated rings. The SMILES string of the molecule is CCNC(=NCC1(C(=O)N(C)C)CCCC1)NCCCc1c(C)noc1C. The van der Waals surface area contributed by atoms with E-state index >= 15 is 0 Å². The fourth-order valence-corrected chi connectivity index (χ4v) is 3.87. The lowest BCUT2D eigenvalue weighted by molar-refractivity contribution is -0.138. The number of carbonyl (C=O) groups is 1. The van der Waals surface area contributed by atoms with Gasteiger partial charge in [-0.15, -0.1) is 0 Å². The maximum Gasteiger partial charge on any atom is 0.230 e. The fraction of sp³-hybridized carbons (Fsp3) is 0.750. The second kappa shape index (κ2) is 9.76. The summed E-state index contributed by atoms with van der Waals surface area (Å²) >= 11 is 0. The van der Waals surface area contributed by atoms with Gasteiger partial charge < -0.3 is 20.1 Å². The van der Waals surface area contributed by atoms with E-state index in [1.165, 1.54) is 5.56 Å². The van der Waals surface area contributed by atoms with E-state index in [0.29, 0.717) is 6.54 Å². The van der Waals surface area contributed by atoms with Gasteiger partial charge >= 0.3 is 0 Å². The number of aliphatic imine (C=N–C) groups is 1. The Morgan fingerprint density at radius 3 is 2.52 bits per heavy atom. The molecule has 1 aromatic heterocycles. The third-order valence-electron chi connectivity index (χ3n) is 5.38. The molecule has 1 aliphatic carbocycles. The first kappa shape index (κ1) is 21.3. The summed E-state index contributed by atoms with van der Waals surface area (Å²) in [5.74, 6) is 1.89. The van der Waals surface area contributed by atoms with Crippen molar-refractivity contribution < 1.29 is 9.32 Å². The average Bonchev–Trinajstić information content (AvgIpc) is 3.24. The van der Waals surface area contributed by atoms with Gasteiger partial charge in [-0.3, -0.25) is 9.79 Å². The first-order chi connectivity index (χ1) is 12.9. The molecule has 0 radical (unpaired) electrons. The monoisotopic (exact) mass is 377 g/mol. The Kier molecular flexibility index (Phi) is 7.68. The number of carbonyl (C=O) groups excluding carboxylic acids is 1. The Hall–Kier alpha value is -2.05. The summed E-state index contributed by atoms with van der Waals surface area (Å²) in [5.41, 5.74) is 1.83. The molecule has 0 atom stereocenters. The van der Waals surface area contributed by atoms with E-state index < -0.39 is 0 Å². The van der Waals surface area contributed by atoms with E-state index in [4.69, 9.17) is 9.52 Å². The van der Waals surface area contributed by atoms with Gasteiger partial charge in [0.15, 0.2) is 5.96 Å². The Morgan fingerprint density at radius 1 is 1.26 bits per heavy atom. The maximum absolute atomic E-state index is 12.7. The number of nitrogens with one attached hydrogen (secondary N) is 2. The summed E-state index contributed by atoms with van der Waals surface area (Å²) in [6, 6.07) is 0. The highest BCUT2D eigenvalue weighted by molar-refractivity contribution is 5.84. The molecule has 2 rings (SSSR count). The average molecular weight is 378 g/mol. The number of hydrogen-bond donors (Lipinski definition) is 2. The van der Waals surface area contributed by atoms with Crippen LogP contribution >= 0.6 is 0 Å². The van der Waals surface area contributed by atoms with Crippen LogP contribution in [0.5, 0.6) is 0 Å². The topological polar surface area (TPSA) is 82.8 Å². The van der Waals surface area contributed by atoms with Crippen LogP contribution in [0.2, 0.25) is 0 Å². The highest BCUT2D eigenvalue weighted by Gasteiger charge is 2.42. The molecule has 0 spiro atoms. The fourth-order valence-electron chi connectivity index (χ4n) is 3.87. The van der Waals surface area contributed by atoms with Crippen LogP contribution in [0.4, 0.5) is 0 Å². The quantitative estimate of drug-likeness (QED) is 0.413. The summed E-state index contributed by atoms with van der Waals surface area (Å²) in [4.78, 5) is 19.2. The van der Waals surface area contributed by atoms with Crippen molar-refractivity contribution in [3.8, 4) is 0 Å². The van der Waals surface area contributed by atoms with Crippen molar-refractivity contribution in [1.82, 2.24) is 20.7 Å². The first-order valence-corrected chi connectivity index (χ1v) is 10.1. The van der Waals surface area contributed by atoms with Gasteiger partial charge in [0.2, 0.25) is 5.91 Å². The number of rotatable bonds is 8. The van der Waals surface area contributed by atoms with Crippen molar-refractivity contribution in [1.29, 1.82) is 0 Å². The van der Waals surface area contributed by atoms with Crippen molar-refractivity contribution in [2.24, 2.45) is 10.4 Å². The lowest BCUT2D eigenvalue weighted by Gasteiger charge is -2.29. The van der Waals surface area contributed by atoms with Crippen molar-refractivity contribution in [3.05, 3.63) is 17.0 Å². The largest absolute Gasteiger partial charge is 0.361 e. The van der Waals surface area contributed by atoms with E-state index in [1.807, 2.05) is 27.9 Å². The van der Waals surface area contributed by atoms with Crippen LogP contribution in [0.15, 0.2) is 9.52 Å². The molecule has 7 nitrogen and oxygen atoms in total. The number of aryl methyl sites for hydroxylation is 2. The molecule has 1 heterocycles. The number of aromatic nitrogens is 1. The molecule has 2 N–H and O–H groups in total. The van der Waals surface area contributed by atoms with E-state index in [1.54, 1.807) is 4.90 Å². The molecular weight excluding hydrogens is 342 g/mol. The first-order valence-electron chi connectivity index (χ1n) is 10.1. The molecular formula is C20H35N5O2. The molecule has 1 aliphatic rings. The molecule has 1 saturated carbocycles. The van der Waals surface area contributed by atoms with Gasteiger partial charge in [-0.25, -0.2) is 0 Å². The van der Waals surface area contributed by atoms with Crippen LogP contribution in [0, 0.1) is 19.3 Å². The predicted octanol–water partition coefficient (Wildman–Crippen LogP) is 2.43. The van der Waals surface area contributed by atoms with Gasteiger partial charge in [0.1, 0.15) is 5.76 Å². The van der Waals surface area contributed by atoms with Crippen molar-refractivity contribution in [2.45, 2.75) is 59.3 Å². The van der Waals surface area contributed by atoms with Crippen LogP contribution in [0.3, 0.4) is 0 Å². The zero-order chi connectivity index (χ0) is 19.9. The Labute approximate surface area is 163 Å². The minimum absolute atomic E-state index is 0.206. The van der Waals surface area contributed by atoms with Crippen LogP contribution < -0.4 is 10.6 Å². The van der Waals surface area contributed by atoms with Crippen LogP contribution in [-0.2, 0) is 11.2 Å².